The third-order valence-corrected chi connectivity index (χ3v) is 5.63. The average Bonchev–Trinajstić information content (AvgIpc) is 2.80. The van der Waals surface area contributed by atoms with E-state index in [1.807, 2.05) is 30.3 Å². The van der Waals surface area contributed by atoms with Gasteiger partial charge in [-0.1, -0.05) is 30.3 Å². The summed E-state index contributed by atoms with van der Waals surface area (Å²) in [6, 6.07) is 9.14. The molecule has 1 amide bonds. The molecule has 1 N–H and O–H groups in total. The minimum absolute atomic E-state index is 0.158. The van der Waals surface area contributed by atoms with E-state index in [0.29, 0.717) is 18.6 Å². The molecule has 0 radical (unpaired) electrons. The van der Waals surface area contributed by atoms with E-state index in [1.165, 1.54) is 0 Å². The van der Waals surface area contributed by atoms with E-state index < -0.39 is 34.7 Å². The monoisotopic (exact) mass is 329 g/mol. The molecule has 24 heavy (non-hydrogen) atoms. The molecule has 2 aliphatic heterocycles. The van der Waals surface area contributed by atoms with Crippen molar-refractivity contribution >= 4 is 17.7 Å². The van der Waals surface area contributed by atoms with Crippen molar-refractivity contribution in [1.82, 2.24) is 5.32 Å². The van der Waals surface area contributed by atoms with E-state index in [1.54, 1.807) is 6.92 Å². The lowest BCUT2D eigenvalue weighted by atomic mass is 9.43. The Morgan fingerprint density at radius 3 is 2.79 bits per heavy atom. The lowest BCUT2D eigenvalue weighted by molar-refractivity contribution is -0.241. The number of Topliss-reactive ketones (excluding diaryl/α,β-unsaturated/α-hetero) is 1. The van der Waals surface area contributed by atoms with E-state index in [-0.39, 0.29) is 12.5 Å². The van der Waals surface area contributed by atoms with Crippen molar-refractivity contribution in [2.45, 2.75) is 31.4 Å². The highest BCUT2D eigenvalue weighted by molar-refractivity contribution is 6.46. The normalized spacial score (nSPS) is 37.0. The third kappa shape index (κ3) is 1.52. The fourth-order valence-electron chi connectivity index (χ4n) is 4.82. The van der Waals surface area contributed by atoms with E-state index in [0.717, 1.165) is 6.42 Å². The Morgan fingerprint density at radius 2 is 2.08 bits per heavy atom. The van der Waals surface area contributed by atoms with Crippen molar-refractivity contribution in [3.05, 3.63) is 35.9 Å². The van der Waals surface area contributed by atoms with Gasteiger partial charge in [-0.05, 0) is 25.3 Å². The number of hydrogen-bond acceptors (Lipinski definition) is 5. The number of esters is 1. The smallest absolute Gasteiger partial charge is 0.323 e. The lowest BCUT2D eigenvalue weighted by Crippen LogP contribution is -2.79. The number of rotatable bonds is 3. The van der Waals surface area contributed by atoms with Crippen LogP contribution in [-0.4, -0.2) is 37.0 Å². The maximum Gasteiger partial charge on any atom is 0.323 e. The number of nitrogens with one attached hydrogen (secondary N) is 1. The first-order valence-corrected chi connectivity index (χ1v) is 8.32. The largest absolute Gasteiger partial charge is 0.465 e. The molecule has 126 valence electrons. The first kappa shape index (κ1) is 15.3. The van der Waals surface area contributed by atoms with Gasteiger partial charge in [-0.3, -0.25) is 14.4 Å². The summed E-state index contributed by atoms with van der Waals surface area (Å²) in [6.07, 6.45) is 1.03. The fourth-order valence-corrected chi connectivity index (χ4v) is 4.82. The molecule has 0 aromatic heterocycles. The summed E-state index contributed by atoms with van der Waals surface area (Å²) in [5.74, 6) is -2.39. The minimum atomic E-state index is -1.52. The molecule has 0 unspecified atom stereocenters. The zero-order valence-electron chi connectivity index (χ0n) is 13.4. The molecule has 3 fully saturated rings. The SMILES string of the molecule is CCOC(=O)[C@@]12C(=O)C(=O)N[C@]1(c1ccccc1)[C@@H]1OCCC[C@H]12. The highest BCUT2D eigenvalue weighted by Gasteiger charge is 2.86. The molecule has 2 heterocycles. The molecular weight excluding hydrogens is 310 g/mol. The molecule has 4 rings (SSSR count). The Hall–Kier alpha value is -2.21. The predicted octanol–water partition coefficient (Wildman–Crippen LogP) is 0.939. The fraction of sp³-hybridized carbons (Fsp3) is 0.500. The van der Waals surface area contributed by atoms with Gasteiger partial charge in [0.2, 0.25) is 5.78 Å². The Labute approximate surface area is 139 Å². The summed E-state index contributed by atoms with van der Waals surface area (Å²) in [7, 11) is 0. The molecule has 6 heteroatoms. The zero-order chi connectivity index (χ0) is 16.9. The highest BCUT2D eigenvalue weighted by Crippen LogP contribution is 2.67. The molecule has 0 spiro atoms. The molecule has 6 nitrogen and oxygen atoms in total. The number of benzene rings is 1. The maximum absolute atomic E-state index is 12.9. The van der Waals surface area contributed by atoms with Crippen molar-refractivity contribution in [1.29, 1.82) is 0 Å². The molecular formula is C18H19NO5. The standard InChI is InChI=1S/C18H19NO5/c1-2-23-16(22)17-12-9-6-10-24-14(12)18(17,19-15(21)13(17)20)11-7-4-3-5-8-11/h3-5,7-8,12,14H,2,6,9-10H2,1H3,(H,19,21)/t12-,14-,17-,18-/m1/s1. The first-order chi connectivity index (χ1) is 11.6. The molecule has 1 aromatic rings. The summed E-state index contributed by atoms with van der Waals surface area (Å²) in [5, 5.41) is 2.80. The highest BCUT2D eigenvalue weighted by atomic mass is 16.5. The quantitative estimate of drug-likeness (QED) is 0.507. The Morgan fingerprint density at radius 1 is 1.33 bits per heavy atom. The number of amides is 1. The van der Waals surface area contributed by atoms with Gasteiger partial charge in [0.1, 0.15) is 5.54 Å². The predicted molar refractivity (Wildman–Crippen MR) is 82.8 cm³/mol. The molecule has 4 atom stereocenters. The second kappa shape index (κ2) is 5.14. The van der Waals surface area contributed by atoms with Crippen molar-refractivity contribution in [2.75, 3.05) is 13.2 Å². The average molecular weight is 329 g/mol. The van der Waals surface area contributed by atoms with Gasteiger partial charge in [-0.25, -0.2) is 0 Å². The van der Waals surface area contributed by atoms with Crippen LogP contribution < -0.4 is 5.32 Å². The van der Waals surface area contributed by atoms with Crippen LogP contribution in [0.15, 0.2) is 30.3 Å². The number of ketones is 1. The summed E-state index contributed by atoms with van der Waals surface area (Å²) in [5.41, 5.74) is -1.98. The van der Waals surface area contributed by atoms with Crippen molar-refractivity contribution in [3.63, 3.8) is 0 Å². The Kier molecular flexibility index (Phi) is 3.28. The van der Waals surface area contributed by atoms with Gasteiger partial charge in [0.25, 0.3) is 5.91 Å². The van der Waals surface area contributed by atoms with Crippen LogP contribution in [-0.2, 0) is 29.4 Å². The van der Waals surface area contributed by atoms with Gasteiger partial charge >= 0.3 is 5.97 Å². The lowest BCUT2D eigenvalue weighted by Gasteiger charge is -2.63. The number of fused-ring (bicyclic) bond motifs is 4. The van der Waals surface area contributed by atoms with Crippen molar-refractivity contribution < 1.29 is 23.9 Å². The summed E-state index contributed by atoms with van der Waals surface area (Å²) < 4.78 is 11.2. The Bertz CT molecular complexity index is 717. The van der Waals surface area contributed by atoms with Gasteiger partial charge < -0.3 is 14.8 Å². The Balaban J connectivity index is 1.94. The first-order valence-electron chi connectivity index (χ1n) is 8.32. The van der Waals surface area contributed by atoms with Gasteiger partial charge in [0, 0.05) is 12.5 Å². The van der Waals surface area contributed by atoms with Crippen molar-refractivity contribution in [3.8, 4) is 0 Å². The van der Waals surface area contributed by atoms with Crippen LogP contribution in [0.25, 0.3) is 0 Å². The topological polar surface area (TPSA) is 81.7 Å². The van der Waals surface area contributed by atoms with E-state index >= 15 is 0 Å². The van der Waals surface area contributed by atoms with E-state index in [4.69, 9.17) is 9.47 Å². The molecule has 1 saturated carbocycles. The van der Waals surface area contributed by atoms with Crippen LogP contribution >= 0.6 is 0 Å². The summed E-state index contributed by atoms with van der Waals surface area (Å²) in [4.78, 5) is 38.1. The number of ether oxygens (including phenoxy) is 2. The molecule has 3 aliphatic rings. The van der Waals surface area contributed by atoms with Gasteiger partial charge in [-0.2, -0.15) is 0 Å². The summed E-state index contributed by atoms with van der Waals surface area (Å²) in [6.45, 7) is 2.41. The van der Waals surface area contributed by atoms with Crippen LogP contribution in [0.1, 0.15) is 25.3 Å². The van der Waals surface area contributed by atoms with Crippen LogP contribution in [0.4, 0.5) is 0 Å². The van der Waals surface area contributed by atoms with E-state index in [2.05, 4.69) is 5.32 Å². The van der Waals surface area contributed by atoms with Crippen LogP contribution in [0.3, 0.4) is 0 Å². The molecule has 2 saturated heterocycles. The van der Waals surface area contributed by atoms with Crippen LogP contribution in [0.5, 0.6) is 0 Å². The second-order valence-corrected chi connectivity index (χ2v) is 6.53. The molecule has 1 aromatic carbocycles. The van der Waals surface area contributed by atoms with Crippen LogP contribution in [0.2, 0.25) is 0 Å². The number of carbonyl (C=O) groups excluding carboxylic acids is 3. The van der Waals surface area contributed by atoms with Gasteiger partial charge in [-0.15, -0.1) is 0 Å². The van der Waals surface area contributed by atoms with E-state index in [9.17, 15) is 14.4 Å². The van der Waals surface area contributed by atoms with Gasteiger partial charge in [0.05, 0.1) is 12.7 Å². The third-order valence-electron chi connectivity index (χ3n) is 5.63. The van der Waals surface area contributed by atoms with Gasteiger partial charge in [0.15, 0.2) is 5.41 Å². The second-order valence-electron chi connectivity index (χ2n) is 6.53. The molecule has 0 bridgehead atoms. The van der Waals surface area contributed by atoms with Crippen molar-refractivity contribution in [2.24, 2.45) is 11.3 Å². The maximum atomic E-state index is 12.9. The molecule has 1 aliphatic carbocycles. The van der Waals surface area contributed by atoms with Crippen LogP contribution in [0, 0.1) is 11.3 Å². The number of hydrogen-bond donors (Lipinski definition) is 1. The minimum Gasteiger partial charge on any atom is -0.465 e. The summed E-state index contributed by atoms with van der Waals surface area (Å²) >= 11 is 0. The number of carbonyl (C=O) groups is 3. The zero-order valence-corrected chi connectivity index (χ0v) is 13.4.